The van der Waals surface area contributed by atoms with E-state index in [0.29, 0.717) is 45.3 Å². The predicted molar refractivity (Wildman–Crippen MR) is 154 cm³/mol. The Labute approximate surface area is 230 Å². The van der Waals surface area contributed by atoms with E-state index in [2.05, 4.69) is 56.1 Å². The zero-order valence-corrected chi connectivity index (χ0v) is 22.6. The summed E-state index contributed by atoms with van der Waals surface area (Å²) in [6.07, 6.45) is 5.35. The summed E-state index contributed by atoms with van der Waals surface area (Å²) >= 11 is 6.45. The molecule has 0 spiro atoms. The van der Waals surface area contributed by atoms with E-state index in [4.69, 9.17) is 16.3 Å². The van der Waals surface area contributed by atoms with Crippen molar-refractivity contribution in [3.05, 3.63) is 66.2 Å². The SMILES string of the molecule is C=CC(=O)Nc1cc(Nc2ncc(Cl)c(-c3c[nH]c4cccc(F)c34)n2)c(OC)cc1N1CC[C@@H](N(C)C)C1. The number of carbonyl (C=O) groups excluding carboxylic acids is 1. The Morgan fingerprint density at radius 3 is 2.87 bits per heavy atom. The van der Waals surface area contributed by atoms with Crippen LogP contribution < -0.4 is 20.3 Å². The summed E-state index contributed by atoms with van der Waals surface area (Å²) in [5, 5.41) is 6.76. The maximum absolute atomic E-state index is 14.7. The molecular weight excluding hydrogens is 521 g/mol. The Balaban J connectivity index is 1.53. The van der Waals surface area contributed by atoms with Crippen molar-refractivity contribution in [1.82, 2.24) is 19.9 Å². The number of likely N-dealkylation sites (N-methyl/N-ethyl adjacent to an activating group) is 1. The molecule has 0 bridgehead atoms. The minimum absolute atomic E-state index is 0.223. The van der Waals surface area contributed by atoms with Gasteiger partial charge in [0.15, 0.2) is 0 Å². The Bertz CT molecular complexity index is 1550. The first-order valence-electron chi connectivity index (χ1n) is 12.4. The molecule has 9 nitrogen and oxygen atoms in total. The number of rotatable bonds is 8. The Kier molecular flexibility index (Phi) is 7.40. The summed E-state index contributed by atoms with van der Waals surface area (Å²) in [5.41, 5.74) is 3.48. The predicted octanol–water partition coefficient (Wildman–Crippen LogP) is 5.43. The number of amides is 1. The minimum Gasteiger partial charge on any atom is -0.494 e. The number of benzene rings is 2. The Morgan fingerprint density at radius 1 is 1.33 bits per heavy atom. The van der Waals surface area contributed by atoms with Gasteiger partial charge in [0.25, 0.3) is 0 Å². The number of aromatic amines is 1. The smallest absolute Gasteiger partial charge is 0.247 e. The number of hydrogen-bond acceptors (Lipinski definition) is 7. The second kappa shape index (κ2) is 10.9. The average Bonchev–Trinajstić information content (AvgIpc) is 3.59. The third kappa shape index (κ3) is 5.25. The van der Waals surface area contributed by atoms with Gasteiger partial charge in [-0.25, -0.2) is 14.4 Å². The number of hydrogen-bond donors (Lipinski definition) is 3. The molecule has 39 heavy (non-hydrogen) atoms. The van der Waals surface area contributed by atoms with Crippen LogP contribution in [0.4, 0.5) is 27.4 Å². The molecular formula is C28H29ClFN7O2. The van der Waals surface area contributed by atoms with Crippen LogP contribution in [-0.4, -0.2) is 66.1 Å². The second-order valence-corrected chi connectivity index (χ2v) is 9.90. The first kappa shape index (κ1) is 26.5. The van der Waals surface area contributed by atoms with Gasteiger partial charge in [0, 0.05) is 47.9 Å². The van der Waals surface area contributed by atoms with Gasteiger partial charge < -0.3 is 30.2 Å². The molecule has 202 valence electrons. The topological polar surface area (TPSA) is 98.4 Å². The van der Waals surface area contributed by atoms with Gasteiger partial charge in [-0.3, -0.25) is 4.79 Å². The van der Waals surface area contributed by atoms with Crippen LogP contribution in [-0.2, 0) is 4.79 Å². The lowest BCUT2D eigenvalue weighted by Crippen LogP contribution is -2.31. The standard InChI is InChI=1S/C28H29ClFN7O2/c1-5-25(38)33-21-11-22(24(39-4)12-23(21)37-10-9-16(15-37)36(2)3)34-28-32-14-18(29)27(35-28)17-13-31-20-8-6-7-19(30)26(17)20/h5-8,11-14,16,31H,1,9-10,15H2,2-4H3,(H,33,38)(H,32,34,35)/t16-/m1/s1. The highest BCUT2D eigenvalue weighted by atomic mass is 35.5. The van der Waals surface area contributed by atoms with Gasteiger partial charge in [0.2, 0.25) is 11.9 Å². The van der Waals surface area contributed by atoms with Gasteiger partial charge in [-0.05, 0) is 44.8 Å². The molecule has 3 heterocycles. The van der Waals surface area contributed by atoms with E-state index in [0.717, 1.165) is 25.2 Å². The quantitative estimate of drug-likeness (QED) is 0.252. The van der Waals surface area contributed by atoms with Crippen molar-refractivity contribution in [2.24, 2.45) is 0 Å². The van der Waals surface area contributed by atoms with Crippen LogP contribution in [0.1, 0.15) is 6.42 Å². The molecule has 11 heteroatoms. The fourth-order valence-corrected chi connectivity index (χ4v) is 5.02. The number of H-pyrrole nitrogens is 1. The van der Waals surface area contributed by atoms with E-state index in [9.17, 15) is 9.18 Å². The lowest BCUT2D eigenvalue weighted by Gasteiger charge is -2.25. The van der Waals surface area contributed by atoms with Crippen LogP contribution in [0.5, 0.6) is 5.75 Å². The van der Waals surface area contributed by atoms with Crippen LogP contribution in [0.15, 0.2) is 55.4 Å². The molecule has 0 aliphatic carbocycles. The van der Waals surface area contributed by atoms with Crippen molar-refractivity contribution in [3.8, 4) is 17.0 Å². The molecule has 1 fully saturated rings. The summed E-state index contributed by atoms with van der Waals surface area (Å²) in [6, 6.07) is 8.86. The number of fused-ring (bicyclic) bond motifs is 1. The van der Waals surface area contributed by atoms with E-state index in [1.807, 2.05) is 6.07 Å². The number of halogens is 2. The van der Waals surface area contributed by atoms with Crippen molar-refractivity contribution in [2.75, 3.05) is 49.8 Å². The van der Waals surface area contributed by atoms with E-state index < -0.39 is 0 Å². The summed E-state index contributed by atoms with van der Waals surface area (Å²) < 4.78 is 20.4. The van der Waals surface area contributed by atoms with Gasteiger partial charge in [0.1, 0.15) is 11.6 Å². The van der Waals surface area contributed by atoms with Crippen molar-refractivity contribution in [2.45, 2.75) is 12.5 Å². The number of nitrogens with one attached hydrogen (secondary N) is 3. The molecule has 1 saturated heterocycles. The van der Waals surface area contributed by atoms with E-state index in [1.54, 1.807) is 31.5 Å². The molecule has 1 atom stereocenters. The monoisotopic (exact) mass is 549 g/mol. The lowest BCUT2D eigenvalue weighted by atomic mass is 10.1. The maximum atomic E-state index is 14.7. The van der Waals surface area contributed by atoms with Crippen LogP contribution in [0, 0.1) is 5.82 Å². The average molecular weight is 550 g/mol. The van der Waals surface area contributed by atoms with Gasteiger partial charge in [-0.1, -0.05) is 24.2 Å². The minimum atomic E-state index is -0.383. The summed E-state index contributed by atoms with van der Waals surface area (Å²) in [6.45, 7) is 5.22. The number of nitrogens with zero attached hydrogens (tertiary/aromatic N) is 4. The summed E-state index contributed by atoms with van der Waals surface area (Å²) in [7, 11) is 5.70. The first-order chi connectivity index (χ1) is 18.8. The van der Waals surface area contributed by atoms with Crippen LogP contribution in [0.2, 0.25) is 5.02 Å². The third-order valence-electron chi connectivity index (χ3n) is 6.90. The van der Waals surface area contributed by atoms with Crippen molar-refractivity contribution in [3.63, 3.8) is 0 Å². The normalized spacial score (nSPS) is 15.1. The maximum Gasteiger partial charge on any atom is 0.247 e. The lowest BCUT2D eigenvalue weighted by molar-refractivity contribution is -0.111. The van der Waals surface area contributed by atoms with Gasteiger partial charge in [0.05, 0.1) is 41.1 Å². The van der Waals surface area contributed by atoms with Crippen molar-refractivity contribution in [1.29, 1.82) is 0 Å². The molecule has 1 amide bonds. The molecule has 2 aromatic heterocycles. The zero-order valence-electron chi connectivity index (χ0n) is 21.9. The summed E-state index contributed by atoms with van der Waals surface area (Å²) in [5.74, 6) is 0.0439. The molecule has 1 aliphatic rings. The number of methoxy groups -OCH3 is 1. The first-order valence-corrected chi connectivity index (χ1v) is 12.8. The molecule has 0 saturated carbocycles. The van der Waals surface area contributed by atoms with Gasteiger partial charge in [-0.2, -0.15) is 0 Å². The highest BCUT2D eigenvalue weighted by Crippen LogP contribution is 2.40. The largest absolute Gasteiger partial charge is 0.494 e. The van der Waals surface area contributed by atoms with Crippen LogP contribution >= 0.6 is 11.6 Å². The molecule has 0 radical (unpaired) electrons. The number of aromatic nitrogens is 3. The number of carbonyl (C=O) groups is 1. The van der Waals surface area contributed by atoms with Crippen LogP contribution in [0.25, 0.3) is 22.2 Å². The summed E-state index contributed by atoms with van der Waals surface area (Å²) in [4.78, 5) is 28.7. The van der Waals surface area contributed by atoms with Crippen molar-refractivity contribution < 1.29 is 13.9 Å². The fraction of sp³-hybridized carbons (Fsp3) is 0.250. The fourth-order valence-electron chi connectivity index (χ4n) is 4.83. The van der Waals surface area contributed by atoms with Gasteiger partial charge in [-0.15, -0.1) is 0 Å². The zero-order chi connectivity index (χ0) is 27.7. The molecule has 1 aliphatic heterocycles. The Morgan fingerprint density at radius 2 is 2.15 bits per heavy atom. The number of ether oxygens (including phenoxy) is 1. The number of anilines is 4. The molecule has 0 unspecified atom stereocenters. The second-order valence-electron chi connectivity index (χ2n) is 9.50. The third-order valence-corrected chi connectivity index (χ3v) is 7.17. The highest BCUT2D eigenvalue weighted by Gasteiger charge is 2.27. The van der Waals surface area contributed by atoms with E-state index in [-0.39, 0.29) is 22.7 Å². The molecule has 3 N–H and O–H groups in total. The molecule has 4 aromatic rings. The molecule has 2 aromatic carbocycles. The highest BCUT2D eigenvalue weighted by molar-refractivity contribution is 6.33. The Hall–Kier alpha value is -4.15. The van der Waals surface area contributed by atoms with E-state index in [1.165, 1.54) is 18.3 Å². The molecule has 5 rings (SSSR count). The van der Waals surface area contributed by atoms with Crippen LogP contribution in [0.3, 0.4) is 0 Å². The van der Waals surface area contributed by atoms with Crippen molar-refractivity contribution >= 4 is 51.4 Å². The van der Waals surface area contributed by atoms with Gasteiger partial charge >= 0.3 is 0 Å². The van der Waals surface area contributed by atoms with E-state index >= 15 is 0 Å².